The lowest BCUT2D eigenvalue weighted by Gasteiger charge is -2.27. The first-order chi connectivity index (χ1) is 13.7. The lowest BCUT2D eigenvalue weighted by atomic mass is 10.1. The van der Waals surface area contributed by atoms with E-state index in [4.69, 9.17) is 4.74 Å². The fraction of sp³-hybridized carbons (Fsp3) is 0.500. The highest BCUT2D eigenvalue weighted by Crippen LogP contribution is 2.23. The highest BCUT2D eigenvalue weighted by molar-refractivity contribution is 7.89. The molecule has 10 nitrogen and oxygen atoms in total. The van der Waals surface area contributed by atoms with Gasteiger partial charge in [-0.2, -0.15) is 4.31 Å². The average Bonchev–Trinajstić information content (AvgIpc) is 2.73. The molecule has 1 amide bonds. The van der Waals surface area contributed by atoms with E-state index in [9.17, 15) is 22.8 Å². The number of morpholine rings is 1. The van der Waals surface area contributed by atoms with Crippen LogP contribution in [0, 0.1) is 6.92 Å². The SMILES string of the molecule is COC(=O)CN(CC(=O)OC)C(=O)c1ccc(C)c(S(=O)(=O)N2CCOCC2)c1. The lowest BCUT2D eigenvalue weighted by Crippen LogP contribution is -2.41. The van der Waals surface area contributed by atoms with Crippen molar-refractivity contribution in [1.29, 1.82) is 0 Å². The second kappa shape index (κ2) is 9.81. The molecule has 0 unspecified atom stereocenters. The summed E-state index contributed by atoms with van der Waals surface area (Å²) < 4.78 is 41.6. The molecule has 1 aliphatic heterocycles. The van der Waals surface area contributed by atoms with Gasteiger partial charge in [0.25, 0.3) is 5.91 Å². The van der Waals surface area contributed by atoms with Gasteiger partial charge >= 0.3 is 11.9 Å². The number of hydrogen-bond donors (Lipinski definition) is 0. The number of ether oxygens (including phenoxy) is 3. The van der Waals surface area contributed by atoms with E-state index in [-0.39, 0.29) is 23.5 Å². The number of sulfonamides is 1. The molecule has 0 N–H and O–H groups in total. The van der Waals surface area contributed by atoms with Gasteiger partial charge in [0, 0.05) is 18.7 Å². The van der Waals surface area contributed by atoms with Crippen LogP contribution in [0.15, 0.2) is 23.1 Å². The fourth-order valence-electron chi connectivity index (χ4n) is 2.76. The van der Waals surface area contributed by atoms with Crippen molar-refractivity contribution >= 4 is 27.9 Å². The van der Waals surface area contributed by atoms with Gasteiger partial charge in [-0.15, -0.1) is 0 Å². The lowest BCUT2D eigenvalue weighted by molar-refractivity contribution is -0.144. The van der Waals surface area contributed by atoms with Crippen LogP contribution in [0.5, 0.6) is 0 Å². The van der Waals surface area contributed by atoms with Gasteiger partial charge in [0.1, 0.15) is 13.1 Å². The van der Waals surface area contributed by atoms with Crippen LogP contribution in [0.3, 0.4) is 0 Å². The molecular formula is C18H24N2O8S. The smallest absolute Gasteiger partial charge is 0.325 e. The molecule has 160 valence electrons. The number of esters is 2. The summed E-state index contributed by atoms with van der Waals surface area (Å²) in [5.74, 6) is -2.15. The molecule has 1 fully saturated rings. The molecule has 0 radical (unpaired) electrons. The van der Waals surface area contributed by atoms with Gasteiger partial charge in [-0.3, -0.25) is 14.4 Å². The summed E-state index contributed by atoms with van der Waals surface area (Å²) in [6, 6.07) is 4.20. The van der Waals surface area contributed by atoms with Crippen LogP contribution in [-0.2, 0) is 33.8 Å². The predicted octanol–water partition coefficient (Wildman–Crippen LogP) is -0.196. The maximum atomic E-state index is 13.0. The third-order valence-corrected chi connectivity index (χ3v) is 6.45. The summed E-state index contributed by atoms with van der Waals surface area (Å²) in [6.07, 6.45) is 0. The van der Waals surface area contributed by atoms with Gasteiger partial charge in [0.2, 0.25) is 10.0 Å². The molecule has 0 aromatic heterocycles. The molecule has 11 heteroatoms. The van der Waals surface area contributed by atoms with Crippen molar-refractivity contribution in [2.45, 2.75) is 11.8 Å². The normalized spacial score (nSPS) is 14.9. The van der Waals surface area contributed by atoms with Crippen molar-refractivity contribution in [3.8, 4) is 0 Å². The fourth-order valence-corrected chi connectivity index (χ4v) is 4.42. The molecule has 1 aromatic rings. The van der Waals surface area contributed by atoms with Crippen LogP contribution < -0.4 is 0 Å². The van der Waals surface area contributed by atoms with Crippen molar-refractivity contribution < 1.29 is 37.0 Å². The summed E-state index contributed by atoms with van der Waals surface area (Å²) in [5.41, 5.74) is 0.496. The van der Waals surface area contributed by atoms with Crippen LogP contribution in [0.4, 0.5) is 0 Å². The molecule has 1 saturated heterocycles. The average molecular weight is 428 g/mol. The third kappa shape index (κ3) is 5.52. The standard InChI is InChI=1S/C18H24N2O8S/c1-13-4-5-14(10-15(13)29(24,25)20-6-8-28-9-7-20)18(23)19(11-16(21)26-2)12-17(22)27-3/h4-5,10H,6-9,11-12H2,1-3H3. The van der Waals surface area contributed by atoms with Gasteiger partial charge in [0.15, 0.2) is 0 Å². The Labute approximate surface area is 169 Å². The van der Waals surface area contributed by atoms with Gasteiger partial charge in [-0.05, 0) is 24.6 Å². The first-order valence-corrected chi connectivity index (χ1v) is 10.3. The number of methoxy groups -OCH3 is 2. The molecular weight excluding hydrogens is 404 g/mol. The summed E-state index contributed by atoms with van der Waals surface area (Å²) in [5, 5.41) is 0. The zero-order valence-electron chi connectivity index (χ0n) is 16.5. The topological polar surface area (TPSA) is 120 Å². The van der Waals surface area contributed by atoms with Crippen molar-refractivity contribution in [3.05, 3.63) is 29.3 Å². The second-order valence-corrected chi connectivity index (χ2v) is 8.22. The minimum Gasteiger partial charge on any atom is -0.468 e. The third-order valence-electron chi connectivity index (χ3n) is 4.41. The first kappa shape index (κ1) is 22.8. The Kier molecular flexibility index (Phi) is 7.71. The molecule has 0 bridgehead atoms. The number of nitrogens with zero attached hydrogens (tertiary/aromatic N) is 2. The van der Waals surface area contributed by atoms with E-state index in [1.54, 1.807) is 6.92 Å². The van der Waals surface area contributed by atoms with E-state index >= 15 is 0 Å². The van der Waals surface area contributed by atoms with E-state index < -0.39 is 41.0 Å². The van der Waals surface area contributed by atoms with Crippen LogP contribution in [0.1, 0.15) is 15.9 Å². The number of benzene rings is 1. The highest BCUT2D eigenvalue weighted by atomic mass is 32.2. The number of amides is 1. The van der Waals surface area contributed by atoms with Gasteiger partial charge in [-0.25, -0.2) is 8.42 Å². The summed E-state index contributed by atoms with van der Waals surface area (Å²) in [6.45, 7) is 1.69. The minimum absolute atomic E-state index is 0.0127. The van der Waals surface area contributed by atoms with Crippen molar-refractivity contribution in [2.75, 3.05) is 53.6 Å². The minimum atomic E-state index is -3.83. The first-order valence-electron chi connectivity index (χ1n) is 8.82. The molecule has 0 atom stereocenters. The van der Waals surface area contributed by atoms with Gasteiger partial charge < -0.3 is 19.1 Å². The quantitative estimate of drug-likeness (QED) is 0.548. The Hall–Kier alpha value is -2.50. The summed E-state index contributed by atoms with van der Waals surface area (Å²) in [7, 11) is -1.52. The van der Waals surface area contributed by atoms with Crippen LogP contribution in [0.2, 0.25) is 0 Å². The Morgan fingerprint density at radius 2 is 1.62 bits per heavy atom. The Balaban J connectivity index is 2.37. The van der Waals surface area contributed by atoms with E-state index in [2.05, 4.69) is 9.47 Å². The maximum absolute atomic E-state index is 13.0. The molecule has 0 aliphatic carbocycles. The molecule has 1 heterocycles. The molecule has 0 spiro atoms. The van der Waals surface area contributed by atoms with Crippen LogP contribution >= 0.6 is 0 Å². The Morgan fingerprint density at radius 3 is 2.14 bits per heavy atom. The summed E-state index contributed by atoms with van der Waals surface area (Å²) >= 11 is 0. The van der Waals surface area contributed by atoms with Crippen molar-refractivity contribution in [3.63, 3.8) is 0 Å². The predicted molar refractivity (Wildman–Crippen MR) is 101 cm³/mol. The maximum Gasteiger partial charge on any atom is 0.325 e. The number of aryl methyl sites for hydroxylation is 1. The summed E-state index contributed by atoms with van der Waals surface area (Å²) in [4.78, 5) is 37.1. The van der Waals surface area contributed by atoms with Gasteiger partial charge in [-0.1, -0.05) is 6.07 Å². The molecule has 2 rings (SSSR count). The zero-order valence-corrected chi connectivity index (χ0v) is 17.4. The highest BCUT2D eigenvalue weighted by Gasteiger charge is 2.29. The number of carbonyl (C=O) groups is 3. The van der Waals surface area contributed by atoms with E-state index in [1.807, 2.05) is 0 Å². The van der Waals surface area contributed by atoms with E-state index in [1.165, 1.54) is 22.5 Å². The number of rotatable bonds is 7. The molecule has 1 aromatic carbocycles. The van der Waals surface area contributed by atoms with E-state index in [0.717, 1.165) is 19.1 Å². The molecule has 0 saturated carbocycles. The number of carbonyl (C=O) groups excluding carboxylic acids is 3. The van der Waals surface area contributed by atoms with Gasteiger partial charge in [0.05, 0.1) is 32.3 Å². The Bertz CT molecular complexity index is 860. The van der Waals surface area contributed by atoms with Crippen LogP contribution in [-0.4, -0.2) is 89.1 Å². The molecule has 29 heavy (non-hydrogen) atoms. The van der Waals surface area contributed by atoms with E-state index in [0.29, 0.717) is 18.8 Å². The second-order valence-electron chi connectivity index (χ2n) is 6.31. The molecule has 1 aliphatic rings. The van der Waals surface area contributed by atoms with Crippen LogP contribution in [0.25, 0.3) is 0 Å². The zero-order chi connectivity index (χ0) is 21.6. The number of hydrogen-bond acceptors (Lipinski definition) is 8. The Morgan fingerprint density at radius 1 is 1.07 bits per heavy atom. The van der Waals surface area contributed by atoms with Crippen molar-refractivity contribution in [1.82, 2.24) is 9.21 Å². The largest absolute Gasteiger partial charge is 0.468 e. The monoisotopic (exact) mass is 428 g/mol. The van der Waals surface area contributed by atoms with Crippen molar-refractivity contribution in [2.24, 2.45) is 0 Å².